The predicted molar refractivity (Wildman–Crippen MR) is 23.7 cm³/mol. The number of hydrogen-bond donors (Lipinski definition) is 1. The first-order valence-corrected chi connectivity index (χ1v) is 2.11. The fourth-order valence-corrected chi connectivity index (χ4v) is 0. The number of halogens is 3. The molecular weight excluding hydrogens is 189 g/mol. The van der Waals surface area contributed by atoms with E-state index in [1.54, 1.807) is 0 Å². The Hall–Kier alpha value is 0.960. The van der Waals surface area contributed by atoms with Crippen LogP contribution in [0.15, 0.2) is 0 Å². The molecule has 3 nitrogen and oxygen atoms in total. The quantitative estimate of drug-likeness (QED) is 0.201. The van der Waals surface area contributed by atoms with Crippen molar-refractivity contribution in [1.82, 2.24) is 0 Å². The summed E-state index contributed by atoms with van der Waals surface area (Å²) in [6, 6.07) is 0. The molecule has 0 heterocycles. The van der Waals surface area contributed by atoms with Gasteiger partial charge in [-0.25, -0.2) is 0 Å². The van der Waals surface area contributed by atoms with Crippen molar-refractivity contribution < 1.29 is 26.1 Å². The Morgan fingerprint density at radius 1 is 1.22 bits per heavy atom. The van der Waals surface area contributed by atoms with Gasteiger partial charge in [0.05, 0.1) is 0 Å². The molecule has 0 aliphatic carbocycles. The molecule has 0 radical (unpaired) electrons. The molecule has 52 valence electrons. The van der Waals surface area contributed by atoms with Gasteiger partial charge in [-0.3, -0.25) is 0 Å². The van der Waals surface area contributed by atoms with E-state index in [0.717, 1.165) is 0 Å². The van der Waals surface area contributed by atoms with Gasteiger partial charge in [0.1, 0.15) is 0 Å². The van der Waals surface area contributed by atoms with Gasteiger partial charge < -0.3 is 26.1 Å². The van der Waals surface area contributed by atoms with Crippen LogP contribution in [0.5, 0.6) is 0 Å². The molecule has 0 aromatic rings. The Kier molecular flexibility index (Phi) is 21.5. The molecular formula is CHCaF3O3S. The van der Waals surface area contributed by atoms with Crippen molar-refractivity contribution in [3.63, 3.8) is 0 Å². The van der Waals surface area contributed by atoms with E-state index in [0.29, 0.717) is 0 Å². The summed E-state index contributed by atoms with van der Waals surface area (Å²) in [7, 11) is -2.86. The minimum absolute atomic E-state index is 0. The topological polar surface area (TPSA) is 54.4 Å². The molecule has 9 heavy (non-hydrogen) atoms. The van der Waals surface area contributed by atoms with Gasteiger partial charge in [-0.15, -0.1) is 0 Å². The summed E-state index contributed by atoms with van der Waals surface area (Å²) in [5, 5.41) is 0. The largest absolute Gasteiger partial charge is 2.00 e. The normalized spacial score (nSPS) is 7.78. The van der Waals surface area contributed by atoms with Gasteiger partial charge >= 0.3 is 37.7 Å². The second kappa shape index (κ2) is 11.7. The molecule has 0 amide bonds. The van der Waals surface area contributed by atoms with E-state index < -0.39 is 17.7 Å². The van der Waals surface area contributed by atoms with Gasteiger partial charge in [0.2, 0.25) is 0 Å². The van der Waals surface area contributed by atoms with E-state index in [2.05, 4.69) is 0 Å². The molecule has 0 atom stereocenters. The fourth-order valence-electron chi connectivity index (χ4n) is 0. The Morgan fingerprint density at radius 2 is 1.22 bits per heavy atom. The van der Waals surface area contributed by atoms with E-state index in [9.17, 15) is 13.2 Å². The average Bonchev–Trinajstić information content (AvgIpc) is 1.25. The van der Waals surface area contributed by atoms with Gasteiger partial charge in [-0.05, 0) is 0 Å². The van der Waals surface area contributed by atoms with Crippen LogP contribution in [0.1, 0.15) is 0 Å². The molecule has 1 N–H and O–H groups in total. The number of hydrogen-bond acceptors (Lipinski definition) is 3. The fraction of sp³-hybridized carbons (Fsp3) is 0. The first-order chi connectivity index (χ1) is 3.46. The van der Waals surface area contributed by atoms with Crippen LogP contribution >= 0.6 is 0 Å². The van der Waals surface area contributed by atoms with Crippen LogP contribution in [0.3, 0.4) is 0 Å². The van der Waals surface area contributed by atoms with E-state index in [1.165, 1.54) is 0 Å². The molecule has 0 aromatic heterocycles. The third-order valence-electron chi connectivity index (χ3n) is 0. The summed E-state index contributed by atoms with van der Waals surface area (Å²) in [6.45, 7) is -3.08. The third kappa shape index (κ3) is 471. The maximum Gasteiger partial charge on any atom is 2.00 e. The summed E-state index contributed by atoms with van der Waals surface area (Å²) >= 11 is 0. The van der Waals surface area contributed by atoms with Gasteiger partial charge in [0, 0.05) is 11.0 Å². The van der Waals surface area contributed by atoms with Gasteiger partial charge in [0.15, 0.2) is 6.68 Å². The van der Waals surface area contributed by atoms with Gasteiger partial charge in [-0.2, -0.15) is 0 Å². The van der Waals surface area contributed by atoms with Crippen LogP contribution < -0.4 is 0 Å². The Labute approximate surface area is 81.0 Å². The Morgan fingerprint density at radius 3 is 1.22 bits per heavy atom. The summed E-state index contributed by atoms with van der Waals surface area (Å²) < 4.78 is 52.8. The van der Waals surface area contributed by atoms with Crippen molar-refractivity contribution in [2.24, 2.45) is 0 Å². The monoisotopic (exact) mass is 190 g/mol. The smallest absolute Gasteiger partial charge is 0.439 e. The predicted octanol–water partition coefficient (Wildman–Crippen LogP) is 0.730. The van der Waals surface area contributed by atoms with Crippen LogP contribution in [0, 0.1) is 6.68 Å². The SMILES string of the molecule is F[C-](F)F.O=[S-](=O)O.[Ca+2]. The first kappa shape index (κ1) is 16.5. The van der Waals surface area contributed by atoms with E-state index in [-0.39, 0.29) is 37.7 Å². The van der Waals surface area contributed by atoms with Crippen LogP contribution in [0.2, 0.25) is 0 Å². The van der Waals surface area contributed by atoms with Crippen molar-refractivity contribution in [3.8, 4) is 0 Å². The Bertz CT molecular complexity index is 92.5. The van der Waals surface area contributed by atoms with Crippen LogP contribution in [0.4, 0.5) is 13.2 Å². The standard InChI is InChI=1S/CF3.Ca.HO3S/c2-1(3)4;;1-4(2)3/h;;(H,1,2,3)/q-1;+2;-1. The van der Waals surface area contributed by atoms with Crippen LogP contribution in [-0.2, 0) is 19.4 Å². The van der Waals surface area contributed by atoms with E-state index in [4.69, 9.17) is 13.0 Å². The zero-order valence-electron chi connectivity index (χ0n) is 4.01. The summed E-state index contributed by atoms with van der Waals surface area (Å²) in [6.07, 6.45) is 0. The van der Waals surface area contributed by atoms with Crippen molar-refractivity contribution in [3.05, 3.63) is 6.68 Å². The molecule has 0 saturated heterocycles. The molecule has 0 aromatic carbocycles. The minimum Gasteiger partial charge on any atom is -0.439 e. The van der Waals surface area contributed by atoms with E-state index in [1.807, 2.05) is 0 Å². The Balaban J connectivity index is -0.0000000720. The zero-order valence-corrected chi connectivity index (χ0v) is 7.04. The van der Waals surface area contributed by atoms with Gasteiger partial charge in [-0.1, -0.05) is 0 Å². The summed E-state index contributed by atoms with van der Waals surface area (Å²) in [5.41, 5.74) is 0. The number of rotatable bonds is 0. The summed E-state index contributed by atoms with van der Waals surface area (Å²) in [5.74, 6) is 0. The first-order valence-electron chi connectivity index (χ1n) is 1.08. The minimum atomic E-state index is -3.08. The van der Waals surface area contributed by atoms with E-state index >= 15 is 0 Å². The van der Waals surface area contributed by atoms with Crippen LogP contribution in [0.25, 0.3) is 0 Å². The average molecular weight is 190 g/mol. The molecule has 8 heteroatoms. The zero-order chi connectivity index (χ0) is 7.15. The third-order valence-corrected chi connectivity index (χ3v) is 0. The molecule has 0 bridgehead atoms. The van der Waals surface area contributed by atoms with Crippen LogP contribution in [-0.4, -0.2) is 42.3 Å². The van der Waals surface area contributed by atoms with Gasteiger partial charge in [0.25, 0.3) is 0 Å². The molecule has 0 saturated carbocycles. The molecule has 0 aliphatic rings. The molecule has 0 rings (SSSR count). The maximum atomic E-state index is 9.58. The van der Waals surface area contributed by atoms with Crippen molar-refractivity contribution in [2.75, 3.05) is 0 Å². The molecule has 0 aliphatic heterocycles. The summed E-state index contributed by atoms with van der Waals surface area (Å²) in [4.78, 5) is 0. The molecule has 0 unspecified atom stereocenters. The van der Waals surface area contributed by atoms with Crippen molar-refractivity contribution >= 4 is 48.7 Å². The molecule has 0 spiro atoms. The van der Waals surface area contributed by atoms with Crippen molar-refractivity contribution in [1.29, 1.82) is 0 Å². The van der Waals surface area contributed by atoms with Crippen molar-refractivity contribution in [2.45, 2.75) is 0 Å². The second-order valence-corrected chi connectivity index (χ2v) is 0.866. The molecule has 0 fully saturated rings. The second-order valence-electron chi connectivity index (χ2n) is 0.431. The maximum absolute atomic E-state index is 9.58.